The molecule has 2 aromatic rings. The van der Waals surface area contributed by atoms with Gasteiger partial charge in [0.25, 0.3) is 5.56 Å². The van der Waals surface area contributed by atoms with Crippen molar-refractivity contribution >= 4 is 5.69 Å². The van der Waals surface area contributed by atoms with Crippen molar-refractivity contribution < 1.29 is 13.5 Å². The van der Waals surface area contributed by atoms with Crippen LogP contribution in [-0.2, 0) is 11.3 Å². The molecule has 0 saturated carbocycles. The Balaban J connectivity index is 2.57. The lowest BCUT2D eigenvalue weighted by molar-refractivity contribution is 0.181. The van der Waals surface area contributed by atoms with E-state index in [1.54, 1.807) is 0 Å². The number of nitrogens with zero attached hydrogens (tertiary/aromatic N) is 1. The maximum absolute atomic E-state index is 13.6. The van der Waals surface area contributed by atoms with Crippen LogP contribution in [0.15, 0.2) is 23.0 Å². The third-order valence-electron chi connectivity index (χ3n) is 2.44. The molecule has 1 aromatic carbocycles. The SMILES string of the molecule is COCc1[nH]n(-c2ccc(F)cc2F)c(=O)c1N. The number of nitrogens with one attached hydrogen (secondary N) is 1. The number of ether oxygens (including phenoxy) is 1. The Kier molecular flexibility index (Phi) is 3.15. The molecule has 2 rings (SSSR count). The fourth-order valence-corrected chi connectivity index (χ4v) is 1.58. The highest BCUT2D eigenvalue weighted by molar-refractivity contribution is 5.44. The average Bonchev–Trinajstić information content (AvgIpc) is 2.58. The van der Waals surface area contributed by atoms with Crippen molar-refractivity contribution in [2.24, 2.45) is 0 Å². The van der Waals surface area contributed by atoms with Crippen LogP contribution < -0.4 is 11.3 Å². The van der Waals surface area contributed by atoms with Gasteiger partial charge in [-0.1, -0.05) is 0 Å². The molecule has 0 bridgehead atoms. The molecular weight excluding hydrogens is 244 g/mol. The molecule has 5 nitrogen and oxygen atoms in total. The van der Waals surface area contributed by atoms with E-state index in [1.165, 1.54) is 7.11 Å². The molecule has 7 heteroatoms. The van der Waals surface area contributed by atoms with Crippen molar-refractivity contribution in [2.45, 2.75) is 6.61 Å². The monoisotopic (exact) mass is 255 g/mol. The first-order valence-corrected chi connectivity index (χ1v) is 5.08. The van der Waals surface area contributed by atoms with E-state index in [0.717, 1.165) is 16.8 Å². The van der Waals surface area contributed by atoms with Crippen LogP contribution in [0.2, 0.25) is 0 Å². The number of nitrogens with two attached hydrogens (primary N) is 1. The topological polar surface area (TPSA) is 73.0 Å². The van der Waals surface area contributed by atoms with Gasteiger partial charge in [0.1, 0.15) is 17.2 Å². The van der Waals surface area contributed by atoms with Gasteiger partial charge < -0.3 is 10.5 Å². The lowest BCUT2D eigenvalue weighted by atomic mass is 10.3. The van der Waals surface area contributed by atoms with Crippen LogP contribution in [0.3, 0.4) is 0 Å². The Labute approximate surface area is 101 Å². The maximum atomic E-state index is 13.6. The summed E-state index contributed by atoms with van der Waals surface area (Å²) in [6, 6.07) is 2.89. The van der Waals surface area contributed by atoms with Crippen molar-refractivity contribution in [3.05, 3.63) is 45.9 Å². The zero-order valence-corrected chi connectivity index (χ0v) is 9.54. The molecule has 0 aliphatic heterocycles. The summed E-state index contributed by atoms with van der Waals surface area (Å²) in [6.07, 6.45) is 0. The molecule has 1 heterocycles. The molecule has 0 amide bonds. The van der Waals surface area contributed by atoms with Crippen LogP contribution in [-0.4, -0.2) is 16.9 Å². The summed E-state index contributed by atoms with van der Waals surface area (Å²) in [5.41, 5.74) is 5.14. The minimum Gasteiger partial charge on any atom is -0.393 e. The van der Waals surface area contributed by atoms with Gasteiger partial charge in [-0.25, -0.2) is 13.5 Å². The number of H-pyrrole nitrogens is 1. The largest absolute Gasteiger partial charge is 0.393 e. The normalized spacial score (nSPS) is 10.8. The van der Waals surface area contributed by atoms with Crippen LogP contribution in [0.4, 0.5) is 14.5 Å². The van der Waals surface area contributed by atoms with Gasteiger partial charge in [-0.05, 0) is 12.1 Å². The molecule has 96 valence electrons. The fraction of sp³-hybridized carbons (Fsp3) is 0.182. The lowest BCUT2D eigenvalue weighted by Crippen LogP contribution is -2.17. The van der Waals surface area contributed by atoms with Gasteiger partial charge in [0.15, 0.2) is 5.82 Å². The molecule has 3 N–H and O–H groups in total. The number of aromatic amines is 1. The molecule has 0 unspecified atom stereocenters. The third-order valence-corrected chi connectivity index (χ3v) is 2.44. The number of nitrogen functional groups attached to an aromatic ring is 1. The smallest absolute Gasteiger partial charge is 0.294 e. The molecule has 0 atom stereocenters. The number of methoxy groups -OCH3 is 1. The summed E-state index contributed by atoms with van der Waals surface area (Å²) in [5, 5.41) is 2.62. The number of rotatable bonds is 3. The highest BCUT2D eigenvalue weighted by Gasteiger charge is 2.15. The molecule has 0 radical (unpaired) electrons. The summed E-state index contributed by atoms with van der Waals surface area (Å²) in [4.78, 5) is 11.8. The molecule has 0 saturated heterocycles. The van der Waals surface area contributed by atoms with Crippen molar-refractivity contribution in [1.29, 1.82) is 0 Å². The van der Waals surface area contributed by atoms with Crippen LogP contribution in [0.5, 0.6) is 0 Å². The van der Waals surface area contributed by atoms with Gasteiger partial charge in [-0.3, -0.25) is 9.89 Å². The van der Waals surface area contributed by atoms with Crippen molar-refractivity contribution in [1.82, 2.24) is 9.78 Å². The highest BCUT2D eigenvalue weighted by atomic mass is 19.1. The van der Waals surface area contributed by atoms with Gasteiger partial charge in [-0.2, -0.15) is 0 Å². The molecule has 1 aromatic heterocycles. The zero-order valence-electron chi connectivity index (χ0n) is 9.54. The second-order valence-electron chi connectivity index (χ2n) is 3.67. The van der Waals surface area contributed by atoms with Crippen LogP contribution >= 0.6 is 0 Å². The number of anilines is 1. The first-order valence-electron chi connectivity index (χ1n) is 5.08. The van der Waals surface area contributed by atoms with E-state index in [1.807, 2.05) is 0 Å². The Morgan fingerprint density at radius 3 is 2.78 bits per heavy atom. The summed E-state index contributed by atoms with van der Waals surface area (Å²) in [6.45, 7) is 0.0941. The number of halogens is 2. The number of hydrogen-bond donors (Lipinski definition) is 2. The predicted octanol–water partition coefficient (Wildman–Crippen LogP) is 1.17. The van der Waals surface area contributed by atoms with E-state index < -0.39 is 17.2 Å². The van der Waals surface area contributed by atoms with E-state index in [-0.39, 0.29) is 18.0 Å². The second-order valence-corrected chi connectivity index (χ2v) is 3.67. The Hall–Kier alpha value is -2.15. The molecule has 18 heavy (non-hydrogen) atoms. The minimum absolute atomic E-state index is 0.0550. The van der Waals surface area contributed by atoms with Crippen LogP contribution in [0.1, 0.15) is 5.69 Å². The lowest BCUT2D eigenvalue weighted by Gasteiger charge is -2.03. The van der Waals surface area contributed by atoms with E-state index in [0.29, 0.717) is 11.8 Å². The average molecular weight is 255 g/mol. The highest BCUT2D eigenvalue weighted by Crippen LogP contribution is 2.14. The van der Waals surface area contributed by atoms with E-state index in [9.17, 15) is 13.6 Å². The molecular formula is C11H11F2N3O2. The Morgan fingerprint density at radius 1 is 1.44 bits per heavy atom. The quantitative estimate of drug-likeness (QED) is 0.864. The van der Waals surface area contributed by atoms with Crippen molar-refractivity contribution in [3.8, 4) is 5.69 Å². The first kappa shape index (κ1) is 12.3. The van der Waals surface area contributed by atoms with E-state index in [2.05, 4.69) is 5.10 Å². The minimum atomic E-state index is -0.859. The number of aromatic nitrogens is 2. The van der Waals surface area contributed by atoms with E-state index >= 15 is 0 Å². The van der Waals surface area contributed by atoms with Gasteiger partial charge in [-0.15, -0.1) is 0 Å². The summed E-state index contributed by atoms with van der Waals surface area (Å²) in [5.74, 6) is -1.58. The zero-order chi connectivity index (χ0) is 13.3. The van der Waals surface area contributed by atoms with E-state index in [4.69, 9.17) is 10.5 Å². The van der Waals surface area contributed by atoms with Gasteiger partial charge in [0.05, 0.1) is 12.3 Å². The first-order chi connectivity index (χ1) is 8.54. The van der Waals surface area contributed by atoms with Gasteiger partial charge >= 0.3 is 0 Å². The van der Waals surface area contributed by atoms with Crippen LogP contribution in [0.25, 0.3) is 5.69 Å². The molecule has 0 spiro atoms. The molecule has 0 aliphatic carbocycles. The van der Waals surface area contributed by atoms with Crippen LogP contribution in [0, 0.1) is 11.6 Å². The summed E-state index contributed by atoms with van der Waals surface area (Å²) in [7, 11) is 1.44. The summed E-state index contributed by atoms with van der Waals surface area (Å²) < 4.78 is 32.1. The Bertz CT molecular complexity index is 634. The number of benzene rings is 1. The Morgan fingerprint density at radius 2 is 2.17 bits per heavy atom. The van der Waals surface area contributed by atoms with Gasteiger partial charge in [0.2, 0.25) is 0 Å². The second kappa shape index (κ2) is 4.61. The summed E-state index contributed by atoms with van der Waals surface area (Å²) >= 11 is 0. The van der Waals surface area contributed by atoms with Gasteiger partial charge in [0, 0.05) is 13.2 Å². The molecule has 0 fully saturated rings. The van der Waals surface area contributed by atoms with Crippen molar-refractivity contribution in [2.75, 3.05) is 12.8 Å². The van der Waals surface area contributed by atoms with Crippen molar-refractivity contribution in [3.63, 3.8) is 0 Å². The maximum Gasteiger partial charge on any atom is 0.294 e. The third kappa shape index (κ3) is 2.00. The fourth-order valence-electron chi connectivity index (χ4n) is 1.58. The molecule has 0 aliphatic rings. The number of hydrogen-bond acceptors (Lipinski definition) is 3. The predicted molar refractivity (Wildman–Crippen MR) is 61.4 cm³/mol. The standard InChI is InChI=1S/C11H11F2N3O2/c1-18-5-8-10(14)11(17)16(15-8)9-3-2-6(12)4-7(9)13/h2-4,15H,5,14H2,1H3.